The predicted molar refractivity (Wildman–Crippen MR) is 57.5 cm³/mol. The lowest BCUT2D eigenvalue weighted by Crippen LogP contribution is -2.40. The molecule has 1 aliphatic carbocycles. The van der Waals surface area contributed by atoms with Crippen LogP contribution in [0.5, 0.6) is 0 Å². The van der Waals surface area contributed by atoms with E-state index in [1.807, 2.05) is 30.1 Å². The third-order valence-corrected chi connectivity index (χ3v) is 3.70. The molecule has 3 rings (SSSR count). The Morgan fingerprint density at radius 1 is 1.23 bits per heavy atom. The fourth-order valence-electron chi connectivity index (χ4n) is 1.78. The maximum absolute atomic E-state index is 4.46. The lowest BCUT2D eigenvalue weighted by Gasteiger charge is -2.28. The molecule has 64 valence electrons. The molecule has 0 aromatic heterocycles. The topological polar surface area (TPSA) is 24.7 Å². The minimum atomic E-state index is -0.0521. The van der Waals surface area contributed by atoms with Gasteiger partial charge < -0.3 is 0 Å². The van der Waals surface area contributed by atoms with Gasteiger partial charge in [0.2, 0.25) is 0 Å². The molecule has 0 bridgehead atoms. The van der Waals surface area contributed by atoms with E-state index in [-0.39, 0.29) is 4.75 Å². The Balaban J connectivity index is 2.22. The molecule has 0 fully saturated rings. The van der Waals surface area contributed by atoms with E-state index in [0.29, 0.717) is 0 Å². The summed E-state index contributed by atoms with van der Waals surface area (Å²) < 4.78 is -0.0521. The Bertz CT molecular complexity index is 401. The van der Waals surface area contributed by atoms with Gasteiger partial charge in [0.15, 0.2) is 0 Å². The summed E-state index contributed by atoms with van der Waals surface area (Å²) in [6, 6.07) is 0. The van der Waals surface area contributed by atoms with E-state index in [1.54, 1.807) is 0 Å². The van der Waals surface area contributed by atoms with Crippen LogP contribution in [0, 0.1) is 0 Å². The van der Waals surface area contributed by atoms with Crippen LogP contribution in [0.25, 0.3) is 0 Å². The number of rotatable bonds is 0. The van der Waals surface area contributed by atoms with E-state index < -0.39 is 0 Å². The Morgan fingerprint density at radius 3 is 3.23 bits per heavy atom. The second-order valence-corrected chi connectivity index (χ2v) is 4.29. The maximum Gasteiger partial charge on any atom is 0.120 e. The van der Waals surface area contributed by atoms with Gasteiger partial charge in [0, 0.05) is 6.20 Å². The first-order chi connectivity index (χ1) is 6.42. The van der Waals surface area contributed by atoms with Crippen molar-refractivity contribution in [3.05, 3.63) is 36.6 Å². The molecule has 0 amide bonds. The zero-order chi connectivity index (χ0) is 8.73. The van der Waals surface area contributed by atoms with Crippen LogP contribution in [-0.4, -0.2) is 22.0 Å². The molecule has 0 aromatic rings. The van der Waals surface area contributed by atoms with Crippen LogP contribution in [0.15, 0.2) is 46.6 Å². The van der Waals surface area contributed by atoms with Crippen LogP contribution in [0.3, 0.4) is 0 Å². The van der Waals surface area contributed by atoms with Gasteiger partial charge in [0.05, 0.1) is 17.3 Å². The Morgan fingerprint density at radius 2 is 2.23 bits per heavy atom. The van der Waals surface area contributed by atoms with E-state index in [1.165, 1.54) is 0 Å². The molecule has 3 aliphatic rings. The fraction of sp³-hybridized carbons (Fsp3) is 0.200. The van der Waals surface area contributed by atoms with Gasteiger partial charge in [0.25, 0.3) is 0 Å². The van der Waals surface area contributed by atoms with Gasteiger partial charge in [-0.15, -0.1) is 11.8 Å². The highest BCUT2D eigenvalue weighted by molar-refractivity contribution is 8.02. The van der Waals surface area contributed by atoms with E-state index >= 15 is 0 Å². The largest absolute Gasteiger partial charge is 0.277 e. The summed E-state index contributed by atoms with van der Waals surface area (Å²) in [6.07, 6.45) is 12.2. The lowest BCUT2D eigenvalue weighted by molar-refractivity contribution is 1.24. The summed E-state index contributed by atoms with van der Waals surface area (Å²) >= 11 is 1.83. The summed E-state index contributed by atoms with van der Waals surface area (Å²) in [5.74, 6) is 0.844. The highest BCUT2D eigenvalue weighted by Gasteiger charge is 2.42. The van der Waals surface area contributed by atoms with Crippen molar-refractivity contribution in [2.75, 3.05) is 5.88 Å². The van der Waals surface area contributed by atoms with Crippen LogP contribution in [-0.2, 0) is 0 Å². The summed E-state index contributed by atoms with van der Waals surface area (Å²) in [6.45, 7) is 0. The lowest BCUT2D eigenvalue weighted by atomic mass is 9.90. The first-order valence-electron chi connectivity index (χ1n) is 4.21. The Hall–Kier alpha value is -1.09. The van der Waals surface area contributed by atoms with Crippen LogP contribution >= 0.6 is 11.8 Å². The number of thioether (sulfide) groups is 1. The van der Waals surface area contributed by atoms with Crippen molar-refractivity contribution in [1.82, 2.24) is 0 Å². The molecular formula is C10H8N2S. The first-order valence-corrected chi connectivity index (χ1v) is 5.20. The second-order valence-electron chi connectivity index (χ2n) is 3.10. The third-order valence-electron chi connectivity index (χ3n) is 2.43. The minimum absolute atomic E-state index is 0.0521. The number of nitrogens with zero attached hydrogens (tertiary/aromatic N) is 2. The van der Waals surface area contributed by atoms with Crippen molar-refractivity contribution in [2.24, 2.45) is 9.98 Å². The molecule has 1 spiro atoms. The quantitative estimate of drug-likeness (QED) is 0.570. The van der Waals surface area contributed by atoms with Gasteiger partial charge >= 0.3 is 0 Å². The number of hydrogen-bond acceptors (Lipinski definition) is 3. The van der Waals surface area contributed by atoms with E-state index in [4.69, 9.17) is 0 Å². The number of aliphatic imine (C=N–C) groups is 2. The minimum Gasteiger partial charge on any atom is -0.277 e. The number of hydrogen-bond donors (Lipinski definition) is 0. The van der Waals surface area contributed by atoms with Crippen molar-refractivity contribution in [3.63, 3.8) is 0 Å². The molecule has 1 atom stereocenters. The van der Waals surface area contributed by atoms with E-state index in [2.05, 4.69) is 28.2 Å². The molecule has 2 heterocycles. The highest BCUT2D eigenvalue weighted by Crippen LogP contribution is 2.39. The Labute approximate surface area is 80.9 Å². The number of allylic oxidation sites excluding steroid dienone is 4. The van der Waals surface area contributed by atoms with Crippen molar-refractivity contribution in [3.8, 4) is 0 Å². The smallest absolute Gasteiger partial charge is 0.120 e. The first kappa shape index (κ1) is 7.33. The molecule has 0 saturated carbocycles. The fourth-order valence-corrected chi connectivity index (χ4v) is 2.92. The summed E-state index contributed by atoms with van der Waals surface area (Å²) in [5.41, 5.74) is 2.25. The molecule has 0 saturated heterocycles. The molecule has 0 aromatic carbocycles. The average molecular weight is 188 g/mol. The molecular weight excluding hydrogens is 180 g/mol. The summed E-state index contributed by atoms with van der Waals surface area (Å²) in [5, 5.41) is 0. The monoisotopic (exact) mass is 188 g/mol. The molecule has 0 N–H and O–H groups in total. The molecule has 2 aliphatic heterocycles. The van der Waals surface area contributed by atoms with Crippen LogP contribution in [0.1, 0.15) is 0 Å². The maximum atomic E-state index is 4.46. The third kappa shape index (κ3) is 0.851. The van der Waals surface area contributed by atoms with Gasteiger partial charge in [0.1, 0.15) is 4.75 Å². The van der Waals surface area contributed by atoms with Gasteiger partial charge in [-0.1, -0.05) is 18.2 Å². The highest BCUT2D eigenvalue weighted by atomic mass is 32.2. The molecule has 3 heteroatoms. The Kier molecular flexibility index (Phi) is 1.38. The van der Waals surface area contributed by atoms with Crippen molar-refractivity contribution in [2.45, 2.75) is 4.75 Å². The zero-order valence-electron chi connectivity index (χ0n) is 6.97. The summed E-state index contributed by atoms with van der Waals surface area (Å²) in [4.78, 5) is 8.84. The zero-order valence-corrected chi connectivity index (χ0v) is 7.79. The average Bonchev–Trinajstić information content (AvgIpc) is 2.58. The van der Waals surface area contributed by atoms with Gasteiger partial charge in [-0.25, -0.2) is 0 Å². The summed E-state index contributed by atoms with van der Waals surface area (Å²) in [7, 11) is 0. The van der Waals surface area contributed by atoms with Crippen LogP contribution < -0.4 is 0 Å². The van der Waals surface area contributed by atoms with E-state index in [0.717, 1.165) is 17.3 Å². The molecule has 0 radical (unpaired) electrons. The second kappa shape index (κ2) is 2.45. The predicted octanol–water partition coefficient (Wildman–Crippen LogP) is 1.96. The van der Waals surface area contributed by atoms with Gasteiger partial charge in [-0.2, -0.15) is 0 Å². The standard InChI is InChI=1S/C10H8N2S/c1-2-5-10-8(3-1)11-6-4-9(10)12-7-13-10/h1-6H,7H2. The normalized spacial score (nSPS) is 33.8. The van der Waals surface area contributed by atoms with Crippen molar-refractivity contribution < 1.29 is 0 Å². The molecule has 13 heavy (non-hydrogen) atoms. The SMILES string of the molecule is C1=CC2=NC=CC3=NCSC23C=C1. The molecule has 1 unspecified atom stereocenters. The van der Waals surface area contributed by atoms with Crippen LogP contribution in [0.4, 0.5) is 0 Å². The van der Waals surface area contributed by atoms with Gasteiger partial charge in [-0.3, -0.25) is 9.98 Å². The van der Waals surface area contributed by atoms with E-state index in [9.17, 15) is 0 Å². The van der Waals surface area contributed by atoms with Gasteiger partial charge in [-0.05, 0) is 12.2 Å². The van der Waals surface area contributed by atoms with Crippen LogP contribution in [0.2, 0.25) is 0 Å². The molecule has 2 nitrogen and oxygen atoms in total. The van der Waals surface area contributed by atoms with Crippen molar-refractivity contribution in [1.29, 1.82) is 0 Å². The van der Waals surface area contributed by atoms with Crippen molar-refractivity contribution >= 4 is 23.2 Å².